The van der Waals surface area contributed by atoms with Crippen molar-refractivity contribution in [2.45, 2.75) is 0 Å². The fraction of sp³-hybridized carbons (Fsp3) is 0.143. The Kier molecular flexibility index (Phi) is 1.67. The summed E-state index contributed by atoms with van der Waals surface area (Å²) < 4.78 is 0. The van der Waals surface area contributed by atoms with Crippen LogP contribution >= 0.6 is 0 Å². The Labute approximate surface area is 58.9 Å². The minimum Gasteiger partial charge on any atom is -0.508 e. The van der Waals surface area contributed by atoms with Gasteiger partial charge in [-0.1, -0.05) is 0 Å². The number of rotatable bonds is 1. The molecule has 0 saturated heterocycles. The summed E-state index contributed by atoms with van der Waals surface area (Å²) in [6.07, 6.45) is 0. The molecule has 1 rings (SSSR count). The summed E-state index contributed by atoms with van der Waals surface area (Å²) in [4.78, 5) is 0. The van der Waals surface area contributed by atoms with Gasteiger partial charge in [-0.05, 0) is 12.1 Å². The Balaban J connectivity index is 3.07. The van der Waals surface area contributed by atoms with E-state index in [1.807, 2.05) is 0 Å². The standard InChI is InChI=1S/C7H9NO2/c1-8-6-3-2-5(9)4-7(6)10/h2-4,8-10H,1H3. The second kappa shape index (κ2) is 2.47. The maximum absolute atomic E-state index is 9.07. The molecule has 0 unspecified atom stereocenters. The first-order valence-electron chi connectivity index (χ1n) is 2.94. The smallest absolute Gasteiger partial charge is 0.142 e. The van der Waals surface area contributed by atoms with Crippen molar-refractivity contribution in [2.24, 2.45) is 0 Å². The Morgan fingerprint density at radius 1 is 1.30 bits per heavy atom. The van der Waals surface area contributed by atoms with Crippen molar-refractivity contribution in [1.29, 1.82) is 0 Å². The van der Waals surface area contributed by atoms with E-state index in [0.717, 1.165) is 0 Å². The van der Waals surface area contributed by atoms with Gasteiger partial charge in [-0.2, -0.15) is 0 Å². The highest BCUT2D eigenvalue weighted by Gasteiger charge is 1.97. The molecule has 0 aliphatic carbocycles. The first-order chi connectivity index (χ1) is 4.74. The maximum atomic E-state index is 9.07. The van der Waals surface area contributed by atoms with Crippen molar-refractivity contribution in [3.05, 3.63) is 18.2 Å². The fourth-order valence-electron chi connectivity index (χ4n) is 0.731. The molecular formula is C7H9NO2. The van der Waals surface area contributed by atoms with E-state index in [1.54, 1.807) is 13.1 Å². The summed E-state index contributed by atoms with van der Waals surface area (Å²) in [5.41, 5.74) is 0.609. The molecule has 0 amide bonds. The monoisotopic (exact) mass is 139 g/mol. The van der Waals surface area contributed by atoms with Gasteiger partial charge in [0.25, 0.3) is 0 Å². The third-order valence-corrected chi connectivity index (χ3v) is 1.25. The highest BCUT2D eigenvalue weighted by molar-refractivity contribution is 5.57. The minimum absolute atomic E-state index is 0.0579. The summed E-state index contributed by atoms with van der Waals surface area (Å²) in [7, 11) is 1.70. The average Bonchev–Trinajstić information content (AvgIpc) is 1.88. The first-order valence-corrected chi connectivity index (χ1v) is 2.94. The van der Waals surface area contributed by atoms with Crippen LogP contribution in [0.1, 0.15) is 0 Å². The van der Waals surface area contributed by atoms with Gasteiger partial charge in [-0.25, -0.2) is 0 Å². The van der Waals surface area contributed by atoms with Crippen molar-refractivity contribution in [3.8, 4) is 11.5 Å². The van der Waals surface area contributed by atoms with Crippen LogP contribution in [-0.2, 0) is 0 Å². The summed E-state index contributed by atoms with van der Waals surface area (Å²) in [5.74, 6) is 0.124. The van der Waals surface area contributed by atoms with E-state index in [2.05, 4.69) is 5.32 Å². The molecule has 0 radical (unpaired) electrons. The quantitative estimate of drug-likeness (QED) is 0.404. The normalized spacial score (nSPS) is 9.30. The van der Waals surface area contributed by atoms with Gasteiger partial charge in [-0.3, -0.25) is 0 Å². The van der Waals surface area contributed by atoms with Gasteiger partial charge in [0.1, 0.15) is 11.5 Å². The number of phenols is 2. The van der Waals surface area contributed by atoms with Gasteiger partial charge in [0.05, 0.1) is 5.69 Å². The molecule has 3 nitrogen and oxygen atoms in total. The van der Waals surface area contributed by atoms with Crippen LogP contribution in [-0.4, -0.2) is 17.3 Å². The zero-order chi connectivity index (χ0) is 7.56. The lowest BCUT2D eigenvalue weighted by molar-refractivity contribution is 0.452. The molecule has 1 aromatic rings. The zero-order valence-corrected chi connectivity index (χ0v) is 5.63. The Morgan fingerprint density at radius 2 is 2.00 bits per heavy atom. The van der Waals surface area contributed by atoms with Crippen molar-refractivity contribution in [1.82, 2.24) is 0 Å². The first kappa shape index (κ1) is 6.74. The Hall–Kier alpha value is -1.38. The van der Waals surface area contributed by atoms with E-state index in [4.69, 9.17) is 10.2 Å². The minimum atomic E-state index is 0.0579. The van der Waals surface area contributed by atoms with Crippen LogP contribution < -0.4 is 5.32 Å². The lowest BCUT2D eigenvalue weighted by Gasteiger charge is -2.01. The van der Waals surface area contributed by atoms with Crippen LogP contribution in [0.2, 0.25) is 0 Å². The number of hydrogen-bond donors (Lipinski definition) is 3. The third kappa shape index (κ3) is 1.13. The van der Waals surface area contributed by atoms with Crippen LogP contribution in [0, 0.1) is 0 Å². The van der Waals surface area contributed by atoms with E-state index >= 15 is 0 Å². The fourth-order valence-corrected chi connectivity index (χ4v) is 0.731. The summed E-state index contributed by atoms with van der Waals surface area (Å²) in [6.45, 7) is 0. The van der Waals surface area contributed by atoms with Crippen molar-refractivity contribution in [3.63, 3.8) is 0 Å². The lowest BCUT2D eigenvalue weighted by Crippen LogP contribution is -1.86. The maximum Gasteiger partial charge on any atom is 0.142 e. The second-order valence-electron chi connectivity index (χ2n) is 1.95. The molecule has 1 aromatic carbocycles. The molecule has 0 bridgehead atoms. The van der Waals surface area contributed by atoms with E-state index in [1.165, 1.54) is 12.1 Å². The van der Waals surface area contributed by atoms with E-state index in [0.29, 0.717) is 5.69 Å². The van der Waals surface area contributed by atoms with Gasteiger partial charge < -0.3 is 15.5 Å². The van der Waals surface area contributed by atoms with Crippen LogP contribution in [0.25, 0.3) is 0 Å². The predicted octanol–water partition coefficient (Wildman–Crippen LogP) is 1.14. The summed E-state index contributed by atoms with van der Waals surface area (Å²) >= 11 is 0. The Morgan fingerprint density at radius 3 is 2.50 bits per heavy atom. The number of hydrogen-bond acceptors (Lipinski definition) is 3. The molecule has 0 saturated carbocycles. The van der Waals surface area contributed by atoms with E-state index in [9.17, 15) is 0 Å². The molecular weight excluding hydrogens is 130 g/mol. The van der Waals surface area contributed by atoms with Crippen molar-refractivity contribution >= 4 is 5.69 Å². The van der Waals surface area contributed by atoms with Crippen molar-refractivity contribution < 1.29 is 10.2 Å². The number of anilines is 1. The largest absolute Gasteiger partial charge is 0.508 e. The number of nitrogens with one attached hydrogen (secondary N) is 1. The molecule has 54 valence electrons. The molecule has 0 aromatic heterocycles. The van der Waals surface area contributed by atoms with Gasteiger partial charge in [0.15, 0.2) is 0 Å². The molecule has 3 heteroatoms. The van der Waals surface area contributed by atoms with Gasteiger partial charge >= 0.3 is 0 Å². The molecule has 0 aliphatic heterocycles. The lowest BCUT2D eigenvalue weighted by atomic mass is 10.3. The second-order valence-corrected chi connectivity index (χ2v) is 1.95. The predicted molar refractivity (Wildman–Crippen MR) is 39.3 cm³/mol. The van der Waals surface area contributed by atoms with Crippen LogP contribution in [0.4, 0.5) is 5.69 Å². The van der Waals surface area contributed by atoms with Crippen LogP contribution in [0.15, 0.2) is 18.2 Å². The summed E-state index contributed by atoms with van der Waals surface area (Å²) in [6, 6.07) is 4.39. The molecule has 0 aliphatic rings. The Bertz CT molecular complexity index is 235. The molecule has 0 atom stereocenters. The average molecular weight is 139 g/mol. The molecule has 0 spiro atoms. The topological polar surface area (TPSA) is 52.5 Å². The highest BCUT2D eigenvalue weighted by Crippen LogP contribution is 2.26. The van der Waals surface area contributed by atoms with Crippen LogP contribution in [0.5, 0.6) is 11.5 Å². The zero-order valence-electron chi connectivity index (χ0n) is 5.63. The number of benzene rings is 1. The SMILES string of the molecule is CNc1ccc(O)cc1O. The van der Waals surface area contributed by atoms with Gasteiger partial charge in [0, 0.05) is 13.1 Å². The highest BCUT2D eigenvalue weighted by atomic mass is 16.3. The van der Waals surface area contributed by atoms with E-state index in [-0.39, 0.29) is 11.5 Å². The molecule has 10 heavy (non-hydrogen) atoms. The number of phenolic OH excluding ortho intramolecular Hbond substituents is 2. The molecule has 0 fully saturated rings. The third-order valence-electron chi connectivity index (χ3n) is 1.25. The summed E-state index contributed by atoms with van der Waals surface area (Å²) in [5, 5.41) is 20.7. The number of aromatic hydroxyl groups is 2. The van der Waals surface area contributed by atoms with E-state index < -0.39 is 0 Å². The molecule has 0 heterocycles. The van der Waals surface area contributed by atoms with Crippen LogP contribution in [0.3, 0.4) is 0 Å². The van der Waals surface area contributed by atoms with Crippen molar-refractivity contribution in [2.75, 3.05) is 12.4 Å². The van der Waals surface area contributed by atoms with Gasteiger partial charge in [-0.15, -0.1) is 0 Å². The molecule has 3 N–H and O–H groups in total. The van der Waals surface area contributed by atoms with Gasteiger partial charge in [0.2, 0.25) is 0 Å².